The summed E-state index contributed by atoms with van der Waals surface area (Å²) in [5, 5.41) is 8.78. The van der Waals surface area contributed by atoms with E-state index in [4.69, 9.17) is 5.11 Å². The number of rotatable bonds is 4. The van der Waals surface area contributed by atoms with E-state index in [1.165, 1.54) is 36.0 Å². The van der Waals surface area contributed by atoms with Gasteiger partial charge in [0, 0.05) is 10.6 Å². The van der Waals surface area contributed by atoms with E-state index in [2.05, 4.69) is 0 Å². The Bertz CT molecular complexity index is 636. The van der Waals surface area contributed by atoms with E-state index < -0.39 is 17.7 Å². The summed E-state index contributed by atoms with van der Waals surface area (Å²) in [6, 6.07) is 11.5. The van der Waals surface area contributed by atoms with Gasteiger partial charge in [0.1, 0.15) is 0 Å². The molecule has 0 saturated carbocycles. The molecule has 0 spiro atoms. The van der Waals surface area contributed by atoms with Crippen molar-refractivity contribution in [3.63, 3.8) is 0 Å². The molecule has 0 aromatic heterocycles. The molecule has 0 aliphatic heterocycles. The maximum absolute atomic E-state index is 12.8. The van der Waals surface area contributed by atoms with Gasteiger partial charge in [0.2, 0.25) is 0 Å². The Kier molecular flexibility index (Phi) is 4.57. The molecule has 6 heteroatoms. The number of alkyl halides is 3. The third-order valence-corrected chi connectivity index (χ3v) is 3.88. The molecular formula is C15H11F3O2S. The summed E-state index contributed by atoms with van der Waals surface area (Å²) in [6.07, 6.45) is -4.37. The summed E-state index contributed by atoms with van der Waals surface area (Å²) < 4.78 is 38.5. The van der Waals surface area contributed by atoms with Crippen molar-refractivity contribution in [2.75, 3.05) is 0 Å². The number of thioether (sulfide) groups is 1. The Labute approximate surface area is 123 Å². The Balaban J connectivity index is 2.12. The summed E-state index contributed by atoms with van der Waals surface area (Å²) in [5.41, 5.74) is -0.285. The van der Waals surface area contributed by atoms with Crippen molar-refractivity contribution in [1.29, 1.82) is 0 Å². The summed E-state index contributed by atoms with van der Waals surface area (Å²) in [5.74, 6) is -0.865. The zero-order valence-corrected chi connectivity index (χ0v) is 11.5. The Morgan fingerprint density at radius 3 is 2.24 bits per heavy atom. The number of carbonyl (C=O) groups is 1. The fraction of sp³-hybridized carbons (Fsp3) is 0.133. The lowest BCUT2D eigenvalue weighted by Gasteiger charge is -2.12. The lowest BCUT2D eigenvalue weighted by molar-refractivity contribution is -0.138. The van der Waals surface area contributed by atoms with Crippen LogP contribution in [0.25, 0.3) is 0 Å². The van der Waals surface area contributed by atoms with Crippen LogP contribution in [0.2, 0.25) is 0 Å². The van der Waals surface area contributed by atoms with Crippen LogP contribution in [-0.2, 0) is 11.9 Å². The van der Waals surface area contributed by atoms with E-state index in [1.807, 2.05) is 0 Å². The molecule has 0 radical (unpaired) electrons. The molecule has 0 aliphatic carbocycles. The average Bonchev–Trinajstić information content (AvgIpc) is 2.45. The molecule has 2 aromatic rings. The monoisotopic (exact) mass is 312 g/mol. The van der Waals surface area contributed by atoms with E-state index in [1.54, 1.807) is 18.2 Å². The highest BCUT2D eigenvalue weighted by atomic mass is 32.2. The molecule has 2 aromatic carbocycles. The highest BCUT2D eigenvalue weighted by Crippen LogP contribution is 2.34. The molecule has 0 saturated heterocycles. The van der Waals surface area contributed by atoms with Gasteiger partial charge in [0.05, 0.1) is 11.1 Å². The standard InChI is InChI=1S/C15H11F3O2S/c16-15(17,18)13-4-2-1-3-11(13)9-21-12-7-5-10(6-8-12)14(19)20/h1-8H,9H2,(H,19,20). The Hall–Kier alpha value is -1.95. The highest BCUT2D eigenvalue weighted by molar-refractivity contribution is 7.98. The second-order valence-electron chi connectivity index (χ2n) is 4.27. The number of carboxylic acid groups (broad SMARTS) is 1. The predicted octanol–water partition coefficient (Wildman–Crippen LogP) is 4.70. The minimum atomic E-state index is -4.37. The van der Waals surface area contributed by atoms with Crippen molar-refractivity contribution in [3.05, 3.63) is 65.2 Å². The fourth-order valence-electron chi connectivity index (χ4n) is 1.78. The molecule has 21 heavy (non-hydrogen) atoms. The van der Waals surface area contributed by atoms with Gasteiger partial charge in [-0.05, 0) is 35.9 Å². The van der Waals surface area contributed by atoms with Gasteiger partial charge in [-0.2, -0.15) is 13.2 Å². The van der Waals surface area contributed by atoms with Crippen molar-refractivity contribution in [1.82, 2.24) is 0 Å². The third-order valence-electron chi connectivity index (χ3n) is 2.82. The fourth-order valence-corrected chi connectivity index (χ4v) is 2.68. The predicted molar refractivity (Wildman–Crippen MR) is 74.4 cm³/mol. The van der Waals surface area contributed by atoms with Crippen LogP contribution in [0.5, 0.6) is 0 Å². The van der Waals surface area contributed by atoms with Crippen LogP contribution >= 0.6 is 11.8 Å². The number of hydrogen-bond acceptors (Lipinski definition) is 2. The van der Waals surface area contributed by atoms with Gasteiger partial charge in [0.25, 0.3) is 0 Å². The molecule has 0 fully saturated rings. The van der Waals surface area contributed by atoms with Crippen LogP contribution in [0, 0.1) is 0 Å². The normalized spacial score (nSPS) is 11.4. The van der Waals surface area contributed by atoms with Gasteiger partial charge in [-0.1, -0.05) is 18.2 Å². The molecule has 0 bridgehead atoms. The summed E-state index contributed by atoms with van der Waals surface area (Å²) in [6.45, 7) is 0. The van der Waals surface area contributed by atoms with Crippen molar-refractivity contribution < 1.29 is 23.1 Å². The molecule has 0 aliphatic rings. The molecular weight excluding hydrogens is 301 g/mol. The van der Waals surface area contributed by atoms with Gasteiger partial charge in [-0.25, -0.2) is 4.79 Å². The first-order valence-electron chi connectivity index (χ1n) is 5.99. The van der Waals surface area contributed by atoms with Crippen molar-refractivity contribution in [2.24, 2.45) is 0 Å². The van der Waals surface area contributed by atoms with E-state index >= 15 is 0 Å². The number of halogens is 3. The summed E-state index contributed by atoms with van der Waals surface area (Å²) >= 11 is 1.23. The van der Waals surface area contributed by atoms with Gasteiger partial charge in [0.15, 0.2) is 0 Å². The Morgan fingerprint density at radius 1 is 1.05 bits per heavy atom. The smallest absolute Gasteiger partial charge is 0.416 e. The van der Waals surface area contributed by atoms with Crippen molar-refractivity contribution >= 4 is 17.7 Å². The number of aromatic carboxylic acids is 1. The lowest BCUT2D eigenvalue weighted by Crippen LogP contribution is -2.08. The Morgan fingerprint density at radius 2 is 1.67 bits per heavy atom. The van der Waals surface area contributed by atoms with Crippen LogP contribution in [0.1, 0.15) is 21.5 Å². The molecule has 0 heterocycles. The van der Waals surface area contributed by atoms with Gasteiger partial charge in [-0.3, -0.25) is 0 Å². The number of hydrogen-bond donors (Lipinski definition) is 1. The van der Waals surface area contributed by atoms with E-state index in [-0.39, 0.29) is 16.9 Å². The molecule has 2 nitrogen and oxygen atoms in total. The van der Waals surface area contributed by atoms with Crippen molar-refractivity contribution in [2.45, 2.75) is 16.8 Å². The van der Waals surface area contributed by atoms with Gasteiger partial charge >= 0.3 is 12.1 Å². The number of carboxylic acids is 1. The van der Waals surface area contributed by atoms with Crippen LogP contribution in [0.4, 0.5) is 13.2 Å². The van der Waals surface area contributed by atoms with Crippen LogP contribution in [-0.4, -0.2) is 11.1 Å². The quantitative estimate of drug-likeness (QED) is 0.832. The first kappa shape index (κ1) is 15.4. The zero-order valence-electron chi connectivity index (χ0n) is 10.7. The second-order valence-corrected chi connectivity index (χ2v) is 5.32. The second kappa shape index (κ2) is 6.22. The molecule has 2 rings (SSSR count). The first-order valence-corrected chi connectivity index (χ1v) is 6.98. The average molecular weight is 312 g/mol. The van der Waals surface area contributed by atoms with Gasteiger partial charge < -0.3 is 5.11 Å². The SMILES string of the molecule is O=C(O)c1ccc(SCc2ccccc2C(F)(F)F)cc1. The first-order chi connectivity index (χ1) is 9.88. The third kappa shape index (κ3) is 4.01. The molecule has 110 valence electrons. The van der Waals surface area contributed by atoms with E-state index in [0.717, 1.165) is 11.0 Å². The molecule has 0 unspecified atom stereocenters. The van der Waals surface area contributed by atoms with Crippen LogP contribution in [0.3, 0.4) is 0 Å². The summed E-state index contributed by atoms with van der Waals surface area (Å²) in [7, 11) is 0. The highest BCUT2D eigenvalue weighted by Gasteiger charge is 2.32. The molecule has 1 N–H and O–H groups in total. The molecule has 0 amide bonds. The number of benzene rings is 2. The summed E-state index contributed by atoms with van der Waals surface area (Å²) in [4.78, 5) is 11.4. The largest absolute Gasteiger partial charge is 0.478 e. The maximum Gasteiger partial charge on any atom is 0.416 e. The van der Waals surface area contributed by atoms with E-state index in [9.17, 15) is 18.0 Å². The molecule has 0 atom stereocenters. The maximum atomic E-state index is 12.8. The van der Waals surface area contributed by atoms with Crippen LogP contribution < -0.4 is 0 Å². The minimum absolute atomic E-state index is 0.148. The zero-order chi connectivity index (χ0) is 15.5. The minimum Gasteiger partial charge on any atom is -0.478 e. The van der Waals surface area contributed by atoms with Gasteiger partial charge in [-0.15, -0.1) is 11.8 Å². The van der Waals surface area contributed by atoms with E-state index in [0.29, 0.717) is 0 Å². The van der Waals surface area contributed by atoms with Crippen LogP contribution in [0.15, 0.2) is 53.4 Å². The topological polar surface area (TPSA) is 37.3 Å². The van der Waals surface area contributed by atoms with Crippen molar-refractivity contribution in [3.8, 4) is 0 Å². The lowest BCUT2D eigenvalue weighted by atomic mass is 10.1.